The lowest BCUT2D eigenvalue weighted by Gasteiger charge is -2.19. The third kappa shape index (κ3) is 6.98. The minimum absolute atomic E-state index is 0.123. The van der Waals surface area contributed by atoms with E-state index < -0.39 is 103 Å². The molecule has 0 saturated heterocycles. The molecule has 252 valence electrons. The van der Waals surface area contributed by atoms with E-state index in [9.17, 15) is 50.0 Å². The minimum atomic E-state index is -5.51. The SMILES string of the molecule is [C-]#[N+]C([N+]#[C-])=C1Cc2c(OC(F)(F)F)c3c(c(OC(F)(F)F)c2=C1c1cccc(C)c1)CC(=C(C#N)C#N)C=3c1cccc(SC(F)(F)F)c1. The second-order valence-electron chi connectivity index (χ2n) is 10.6. The first-order valence-corrected chi connectivity index (χ1v) is 14.6. The van der Waals surface area contributed by atoms with E-state index in [1.165, 1.54) is 18.2 Å². The Morgan fingerprint density at radius 1 is 0.740 bits per heavy atom. The van der Waals surface area contributed by atoms with Gasteiger partial charge in [-0.1, -0.05) is 42.0 Å². The fourth-order valence-electron chi connectivity index (χ4n) is 5.97. The van der Waals surface area contributed by atoms with Crippen molar-refractivity contribution in [2.45, 2.75) is 42.9 Å². The zero-order valence-corrected chi connectivity index (χ0v) is 25.8. The van der Waals surface area contributed by atoms with E-state index >= 15 is 0 Å². The first kappa shape index (κ1) is 35.5. The highest BCUT2D eigenvalue weighted by molar-refractivity contribution is 8.00. The van der Waals surface area contributed by atoms with Crippen LogP contribution in [0.1, 0.15) is 27.8 Å². The maximum atomic E-state index is 14.3. The molecule has 0 aliphatic heterocycles. The van der Waals surface area contributed by atoms with Crippen LogP contribution in [0, 0.1) is 42.7 Å². The molecule has 6 nitrogen and oxygen atoms in total. The van der Waals surface area contributed by atoms with Crippen molar-refractivity contribution in [3.8, 4) is 23.6 Å². The first-order chi connectivity index (χ1) is 23.4. The van der Waals surface area contributed by atoms with Gasteiger partial charge < -0.3 is 9.47 Å². The molecule has 2 aliphatic rings. The average Bonchev–Trinajstić information content (AvgIpc) is 3.59. The van der Waals surface area contributed by atoms with Gasteiger partial charge in [0.2, 0.25) is 0 Å². The van der Waals surface area contributed by atoms with Gasteiger partial charge in [0.15, 0.2) is 0 Å². The number of ether oxygens (including phenoxy) is 2. The normalized spacial score (nSPS) is 13.9. The fraction of sp³-hybridized carbons (Fsp3) is 0.176. The molecule has 0 unspecified atom stereocenters. The second-order valence-corrected chi connectivity index (χ2v) is 11.8. The van der Waals surface area contributed by atoms with E-state index in [1.807, 2.05) is 0 Å². The van der Waals surface area contributed by atoms with Crippen LogP contribution in [0.4, 0.5) is 39.5 Å². The Labute approximate surface area is 280 Å². The number of hydrogen-bond acceptors (Lipinski definition) is 5. The van der Waals surface area contributed by atoms with Crippen molar-refractivity contribution in [1.82, 2.24) is 0 Å². The van der Waals surface area contributed by atoms with Gasteiger partial charge in [-0.2, -0.15) is 33.4 Å². The number of nitriles is 2. The van der Waals surface area contributed by atoms with Crippen LogP contribution >= 0.6 is 11.8 Å². The number of halogens is 9. The number of benzene rings is 3. The van der Waals surface area contributed by atoms with Crippen LogP contribution in [-0.2, 0) is 12.8 Å². The quantitative estimate of drug-likeness (QED) is 0.115. The molecule has 0 amide bonds. The molecule has 0 spiro atoms. The summed E-state index contributed by atoms with van der Waals surface area (Å²) >= 11 is -0.581. The number of nitrogens with zero attached hydrogens (tertiary/aromatic N) is 4. The van der Waals surface area contributed by atoms with E-state index in [0.717, 1.165) is 24.3 Å². The molecule has 50 heavy (non-hydrogen) atoms. The maximum absolute atomic E-state index is 14.3. The summed E-state index contributed by atoms with van der Waals surface area (Å²) in [4.78, 5) is 5.87. The summed E-state index contributed by atoms with van der Waals surface area (Å²) in [6, 6.07) is 13.3. The third-order valence-corrected chi connectivity index (χ3v) is 8.24. The van der Waals surface area contributed by atoms with E-state index in [4.69, 9.17) is 13.1 Å². The van der Waals surface area contributed by atoms with Crippen LogP contribution in [0.2, 0.25) is 0 Å². The molecule has 0 heterocycles. The highest BCUT2D eigenvalue weighted by atomic mass is 32.2. The number of rotatable bonds is 5. The van der Waals surface area contributed by atoms with E-state index in [0.29, 0.717) is 5.56 Å². The molecule has 0 aromatic heterocycles. The molecule has 0 radical (unpaired) electrons. The Kier molecular flexibility index (Phi) is 9.14. The molecule has 3 aromatic carbocycles. The predicted molar refractivity (Wildman–Crippen MR) is 160 cm³/mol. The first-order valence-electron chi connectivity index (χ1n) is 13.8. The Bertz CT molecular complexity index is 2290. The maximum Gasteiger partial charge on any atom is 0.573 e. The van der Waals surface area contributed by atoms with Gasteiger partial charge in [-0.05, 0) is 58.7 Å². The van der Waals surface area contributed by atoms with Crippen molar-refractivity contribution in [2.75, 3.05) is 0 Å². The Balaban J connectivity index is 2.13. The zero-order valence-electron chi connectivity index (χ0n) is 24.9. The average molecular weight is 715 g/mol. The topological polar surface area (TPSA) is 74.8 Å². The predicted octanol–water partition coefficient (Wildman–Crippen LogP) is 8.31. The number of thioether (sulfide) groups is 1. The van der Waals surface area contributed by atoms with Crippen LogP contribution in [0.3, 0.4) is 0 Å². The van der Waals surface area contributed by atoms with Gasteiger partial charge in [-0.25, -0.2) is 0 Å². The molecule has 3 aromatic rings. The Hall–Kier alpha value is -5.84. The Morgan fingerprint density at radius 3 is 1.68 bits per heavy atom. The molecular formula is C34H15F9N4O2S. The van der Waals surface area contributed by atoms with Gasteiger partial charge in [0.1, 0.15) is 42.4 Å². The molecule has 16 heteroatoms. The molecule has 0 fully saturated rings. The van der Waals surface area contributed by atoms with Gasteiger partial charge in [0, 0.05) is 39.3 Å². The number of aryl methyl sites for hydroxylation is 1. The van der Waals surface area contributed by atoms with Crippen molar-refractivity contribution in [3.05, 3.63) is 132 Å². The van der Waals surface area contributed by atoms with E-state index in [1.54, 1.807) is 25.1 Å². The van der Waals surface area contributed by atoms with E-state index in [-0.39, 0.29) is 22.3 Å². The monoisotopic (exact) mass is 714 g/mol. The summed E-state index contributed by atoms with van der Waals surface area (Å²) < 4.78 is 135. The molecule has 5 rings (SSSR count). The van der Waals surface area contributed by atoms with Gasteiger partial charge in [-0.15, -0.1) is 26.3 Å². The van der Waals surface area contributed by atoms with Crippen LogP contribution in [0.25, 0.3) is 20.8 Å². The summed E-state index contributed by atoms with van der Waals surface area (Å²) in [6.07, 6.45) is -12.5. The smallest absolute Gasteiger partial charge is 0.405 e. The molecule has 0 bridgehead atoms. The standard InChI is InChI=1S/C34H15F9N4O2S/c1-16-6-4-7-17(10-16)26-24(31(46-2)47-3)13-23-28(26)29(48-32(35,36)37)22-12-21(19(14-44)15-45)25(27(22)30(23)49-33(38,39)40)18-8-5-9-20(11-18)50-34(41,42)43/h4-11H,12-13H2,1H3. The lowest BCUT2D eigenvalue weighted by Crippen LogP contribution is -2.32. The molecule has 0 atom stereocenters. The summed E-state index contributed by atoms with van der Waals surface area (Å²) in [5.74, 6) is -2.81. The highest BCUT2D eigenvalue weighted by Gasteiger charge is 2.43. The van der Waals surface area contributed by atoms with Crippen molar-refractivity contribution in [1.29, 1.82) is 10.5 Å². The van der Waals surface area contributed by atoms with Crippen LogP contribution < -0.4 is 19.9 Å². The number of fused-ring (bicyclic) bond motifs is 2. The summed E-state index contributed by atoms with van der Waals surface area (Å²) in [5.41, 5.74) is -7.66. The number of alkyl halides is 9. The number of allylic oxidation sites excluding steroid dienone is 3. The molecular weight excluding hydrogens is 699 g/mol. The minimum Gasteiger partial charge on any atom is -0.405 e. The van der Waals surface area contributed by atoms with Gasteiger partial charge in [0.25, 0.3) is 0 Å². The molecule has 0 saturated carbocycles. The highest BCUT2D eigenvalue weighted by Crippen LogP contribution is 2.45. The molecule has 0 N–H and O–H groups in total. The lowest BCUT2D eigenvalue weighted by atomic mass is 9.95. The van der Waals surface area contributed by atoms with Gasteiger partial charge in [0.05, 0.1) is 5.57 Å². The van der Waals surface area contributed by atoms with E-state index in [2.05, 4.69) is 19.2 Å². The second kappa shape index (κ2) is 12.9. The summed E-state index contributed by atoms with van der Waals surface area (Å²) in [5, 5.41) is 18.3. The summed E-state index contributed by atoms with van der Waals surface area (Å²) in [7, 11) is 0. The Morgan fingerprint density at radius 2 is 1.22 bits per heavy atom. The summed E-state index contributed by atoms with van der Waals surface area (Å²) in [6.45, 7) is 16.7. The molecule has 2 aliphatic carbocycles. The van der Waals surface area contributed by atoms with Crippen molar-refractivity contribution >= 4 is 22.9 Å². The fourth-order valence-corrected chi connectivity index (χ4v) is 6.57. The zero-order chi connectivity index (χ0) is 36.8. The van der Waals surface area contributed by atoms with Crippen LogP contribution in [0.5, 0.6) is 11.5 Å². The van der Waals surface area contributed by atoms with Crippen molar-refractivity contribution in [3.63, 3.8) is 0 Å². The van der Waals surface area contributed by atoms with Gasteiger partial charge in [-0.3, -0.25) is 0 Å². The largest absolute Gasteiger partial charge is 0.573 e. The van der Waals surface area contributed by atoms with Crippen LogP contribution in [-0.4, -0.2) is 18.2 Å². The van der Waals surface area contributed by atoms with Crippen molar-refractivity contribution in [2.24, 2.45) is 0 Å². The lowest BCUT2D eigenvalue weighted by molar-refractivity contribution is -0.277. The van der Waals surface area contributed by atoms with Crippen molar-refractivity contribution < 1.29 is 49.0 Å². The van der Waals surface area contributed by atoms with Crippen LogP contribution in [0.15, 0.2) is 76.0 Å². The number of hydrogen-bond donors (Lipinski definition) is 0. The third-order valence-electron chi connectivity index (χ3n) is 7.52. The van der Waals surface area contributed by atoms with Gasteiger partial charge >= 0.3 is 24.1 Å².